The maximum atomic E-state index is 6.29. The van der Waals surface area contributed by atoms with Gasteiger partial charge in [-0.05, 0) is 75.9 Å². The van der Waals surface area contributed by atoms with Gasteiger partial charge in [-0.1, -0.05) is 89.7 Å². The summed E-state index contributed by atoms with van der Waals surface area (Å²) in [6.07, 6.45) is 0. The summed E-state index contributed by atoms with van der Waals surface area (Å²) in [4.78, 5) is 0.408. The molecule has 0 bridgehead atoms. The molecule has 2 nitrogen and oxygen atoms in total. The second kappa shape index (κ2) is 13.3. The minimum absolute atomic E-state index is 0.204. The molecule has 2 aromatic carbocycles. The molecule has 2 unspecified atom stereocenters. The molecule has 10 heteroatoms. The van der Waals surface area contributed by atoms with Crippen molar-refractivity contribution in [2.45, 2.75) is 28.9 Å². The third kappa shape index (κ3) is 7.43. The van der Waals surface area contributed by atoms with Gasteiger partial charge in [-0.2, -0.15) is 0 Å². The van der Waals surface area contributed by atoms with E-state index in [1.54, 1.807) is 0 Å². The molecular formula is C21H20Br8O2. The van der Waals surface area contributed by atoms with Gasteiger partial charge in [0.2, 0.25) is 0 Å². The van der Waals surface area contributed by atoms with Gasteiger partial charge in [0.1, 0.15) is 24.7 Å². The normalized spacial score (nSPS) is 13.7. The molecule has 0 aliphatic heterocycles. The second-order valence-electron chi connectivity index (χ2n) is 7.23. The van der Waals surface area contributed by atoms with Gasteiger partial charge in [0.05, 0.1) is 18.6 Å². The van der Waals surface area contributed by atoms with Gasteiger partial charge in [0.15, 0.2) is 0 Å². The summed E-state index contributed by atoms with van der Waals surface area (Å²) in [7, 11) is 0. The van der Waals surface area contributed by atoms with Crippen molar-refractivity contribution in [3.8, 4) is 11.5 Å². The van der Waals surface area contributed by atoms with Crippen LogP contribution in [0.5, 0.6) is 11.5 Å². The minimum Gasteiger partial charge on any atom is -0.491 e. The lowest BCUT2D eigenvalue weighted by molar-refractivity contribution is 0.307. The largest absolute Gasteiger partial charge is 0.491 e. The van der Waals surface area contributed by atoms with Gasteiger partial charge in [-0.15, -0.1) is 0 Å². The molecule has 0 spiro atoms. The second-order valence-corrected chi connectivity index (χ2v) is 14.4. The molecule has 0 aliphatic carbocycles. The smallest absolute Gasteiger partial charge is 0.138 e. The molecule has 0 fully saturated rings. The van der Waals surface area contributed by atoms with Gasteiger partial charge >= 0.3 is 0 Å². The summed E-state index contributed by atoms with van der Waals surface area (Å²) < 4.78 is 16.3. The number of hydrogen-bond acceptors (Lipinski definition) is 2. The van der Waals surface area contributed by atoms with E-state index in [0.717, 1.165) is 51.2 Å². The van der Waals surface area contributed by atoms with Gasteiger partial charge in [0, 0.05) is 36.1 Å². The highest BCUT2D eigenvalue weighted by atomic mass is 79.9. The number of alkyl halides is 4. The van der Waals surface area contributed by atoms with Crippen LogP contribution >= 0.6 is 127 Å². The Bertz CT molecular complexity index is 832. The highest BCUT2D eigenvalue weighted by Crippen LogP contribution is 2.48. The Morgan fingerprint density at radius 1 is 0.710 bits per heavy atom. The van der Waals surface area contributed by atoms with Crippen molar-refractivity contribution in [3.05, 3.63) is 53.3 Å². The van der Waals surface area contributed by atoms with Crippen molar-refractivity contribution < 1.29 is 9.47 Å². The fourth-order valence-corrected chi connectivity index (χ4v) is 5.10. The first-order valence-corrected chi connectivity index (χ1v) is 16.4. The summed E-state index contributed by atoms with van der Waals surface area (Å²) in [5.74, 6) is 1.63. The first-order valence-electron chi connectivity index (χ1n) is 9.17. The molecule has 0 radical (unpaired) electrons. The van der Waals surface area contributed by atoms with Crippen LogP contribution < -0.4 is 9.47 Å². The lowest BCUT2D eigenvalue weighted by atomic mass is 9.77. The lowest BCUT2D eigenvalue weighted by Gasteiger charge is -2.31. The molecule has 0 amide bonds. The Labute approximate surface area is 251 Å². The summed E-state index contributed by atoms with van der Waals surface area (Å²) in [6.45, 7) is 5.44. The van der Waals surface area contributed by atoms with Gasteiger partial charge in [0.25, 0.3) is 0 Å². The van der Waals surface area contributed by atoms with Crippen LogP contribution in [0.15, 0.2) is 42.2 Å². The average Bonchev–Trinajstić information content (AvgIpc) is 2.74. The quantitative estimate of drug-likeness (QED) is 0.221. The third-order valence-electron chi connectivity index (χ3n) is 4.60. The van der Waals surface area contributed by atoms with Gasteiger partial charge < -0.3 is 9.47 Å². The standard InChI is InChI=1S/C21H20Br8O2/c1-21(2,13-3-5-15(26)17(28)19(13)30-9-11(24)7-22)14-4-6-16(27)18(29)20(14)31-10-12(25)8-23/h3-6,11-12H,7-10H2,1-2H3. The Kier molecular flexibility index (Phi) is 12.5. The summed E-state index contributed by atoms with van der Waals surface area (Å²) in [5.41, 5.74) is 1.72. The Hall–Kier alpha value is 1.88. The molecule has 0 saturated heterocycles. The third-order valence-corrected chi connectivity index (χ3v) is 13.0. The zero-order chi connectivity index (χ0) is 23.3. The van der Waals surface area contributed by atoms with E-state index in [2.05, 4.69) is 153 Å². The number of hydrogen-bond donors (Lipinski definition) is 0. The van der Waals surface area contributed by atoms with Crippen molar-refractivity contribution in [3.63, 3.8) is 0 Å². The molecule has 0 N–H and O–H groups in total. The van der Waals surface area contributed by atoms with Crippen LogP contribution in [0.3, 0.4) is 0 Å². The van der Waals surface area contributed by atoms with Crippen molar-refractivity contribution in [2.24, 2.45) is 0 Å². The topological polar surface area (TPSA) is 18.5 Å². The van der Waals surface area contributed by atoms with Crippen LogP contribution in [0.4, 0.5) is 0 Å². The molecule has 2 rings (SSSR count). The summed E-state index contributed by atoms with van der Waals surface area (Å²) >= 11 is 28.9. The van der Waals surface area contributed by atoms with E-state index in [1.165, 1.54) is 0 Å². The van der Waals surface area contributed by atoms with E-state index in [1.807, 2.05) is 12.1 Å². The predicted molar refractivity (Wildman–Crippen MR) is 160 cm³/mol. The maximum absolute atomic E-state index is 6.29. The van der Waals surface area contributed by atoms with Gasteiger partial charge in [-0.3, -0.25) is 0 Å². The molecule has 2 atom stereocenters. The minimum atomic E-state index is -0.399. The zero-order valence-corrected chi connectivity index (χ0v) is 29.3. The monoisotopic (exact) mass is 935 g/mol. The zero-order valence-electron chi connectivity index (χ0n) is 16.6. The molecule has 31 heavy (non-hydrogen) atoms. The molecule has 2 aromatic rings. The van der Waals surface area contributed by atoms with Crippen molar-refractivity contribution in [1.82, 2.24) is 0 Å². The van der Waals surface area contributed by atoms with Crippen molar-refractivity contribution in [1.29, 1.82) is 0 Å². The van der Waals surface area contributed by atoms with E-state index >= 15 is 0 Å². The van der Waals surface area contributed by atoms with Crippen molar-refractivity contribution >= 4 is 127 Å². The number of rotatable bonds is 10. The Morgan fingerprint density at radius 2 is 1.06 bits per heavy atom. The maximum Gasteiger partial charge on any atom is 0.138 e. The van der Waals surface area contributed by atoms with E-state index in [-0.39, 0.29) is 9.65 Å². The van der Waals surface area contributed by atoms with Crippen LogP contribution in [0, 0.1) is 0 Å². The SMILES string of the molecule is CC(C)(c1ccc(Br)c(Br)c1OCC(Br)CBr)c1ccc(Br)c(Br)c1OCC(Br)CBr. The molecule has 0 saturated carbocycles. The summed E-state index contributed by atoms with van der Waals surface area (Å²) in [6, 6.07) is 8.29. The van der Waals surface area contributed by atoms with Crippen LogP contribution in [-0.2, 0) is 5.41 Å². The molecular weight excluding hydrogens is 923 g/mol. The number of benzene rings is 2. The number of ether oxygens (including phenoxy) is 2. The highest BCUT2D eigenvalue weighted by molar-refractivity contribution is 9.13. The first kappa shape index (κ1) is 29.1. The molecule has 0 aromatic heterocycles. The van der Waals surface area contributed by atoms with E-state index in [9.17, 15) is 0 Å². The van der Waals surface area contributed by atoms with Crippen LogP contribution in [0.25, 0.3) is 0 Å². The predicted octanol–water partition coefficient (Wildman–Crippen LogP) is 10.1. The fourth-order valence-electron chi connectivity index (χ4n) is 2.91. The lowest BCUT2D eigenvalue weighted by Crippen LogP contribution is -2.24. The van der Waals surface area contributed by atoms with Gasteiger partial charge in [-0.25, -0.2) is 0 Å². The van der Waals surface area contributed by atoms with Crippen LogP contribution in [0.2, 0.25) is 0 Å². The Balaban J connectivity index is 2.59. The van der Waals surface area contributed by atoms with E-state index < -0.39 is 5.41 Å². The Morgan fingerprint density at radius 3 is 1.39 bits per heavy atom. The fraction of sp³-hybridized carbons (Fsp3) is 0.429. The first-order chi connectivity index (χ1) is 14.5. The number of halogens is 8. The summed E-state index contributed by atoms with van der Waals surface area (Å²) in [5, 5.41) is 1.60. The van der Waals surface area contributed by atoms with E-state index in [0.29, 0.717) is 13.2 Å². The highest BCUT2D eigenvalue weighted by Gasteiger charge is 2.33. The molecule has 0 aliphatic rings. The average molecular weight is 944 g/mol. The van der Waals surface area contributed by atoms with Crippen LogP contribution in [-0.4, -0.2) is 33.5 Å². The molecule has 0 heterocycles. The van der Waals surface area contributed by atoms with E-state index in [4.69, 9.17) is 9.47 Å². The van der Waals surface area contributed by atoms with Crippen molar-refractivity contribution in [2.75, 3.05) is 23.9 Å². The molecule has 172 valence electrons. The van der Waals surface area contributed by atoms with Crippen LogP contribution in [0.1, 0.15) is 25.0 Å².